The molecule has 0 unspecified atom stereocenters. The highest BCUT2D eigenvalue weighted by Gasteiger charge is 2.12. The molecular weight excluding hydrogens is 370 g/mol. The Morgan fingerprint density at radius 2 is 1.52 bits per heavy atom. The third kappa shape index (κ3) is 5.84. The summed E-state index contributed by atoms with van der Waals surface area (Å²) >= 11 is 0. The Balaban J connectivity index is 1.56. The van der Waals surface area contributed by atoms with Gasteiger partial charge in [-0.25, -0.2) is 4.79 Å². The van der Waals surface area contributed by atoms with Crippen LogP contribution >= 0.6 is 0 Å². The van der Waals surface area contributed by atoms with Gasteiger partial charge in [-0.15, -0.1) is 0 Å². The maximum atomic E-state index is 12.2. The normalized spacial score (nSPS) is 10.1. The Morgan fingerprint density at radius 3 is 2.24 bits per heavy atom. The maximum Gasteiger partial charge on any atom is 0.338 e. The van der Waals surface area contributed by atoms with Crippen LogP contribution in [-0.4, -0.2) is 25.1 Å². The fourth-order valence-electron chi connectivity index (χ4n) is 2.53. The van der Waals surface area contributed by atoms with Gasteiger partial charge in [0.2, 0.25) is 0 Å². The van der Waals surface area contributed by atoms with Gasteiger partial charge in [-0.3, -0.25) is 4.79 Å². The fraction of sp³-hybridized carbons (Fsp3) is 0.130. The molecule has 6 nitrogen and oxygen atoms in total. The number of anilines is 1. The average molecular weight is 391 g/mol. The van der Waals surface area contributed by atoms with Gasteiger partial charge < -0.3 is 19.5 Å². The molecule has 0 saturated carbocycles. The first-order valence-corrected chi connectivity index (χ1v) is 9.17. The van der Waals surface area contributed by atoms with Gasteiger partial charge in [0, 0.05) is 0 Å². The quantitative estimate of drug-likeness (QED) is 0.565. The summed E-state index contributed by atoms with van der Waals surface area (Å²) in [5.41, 5.74) is 0.826. The van der Waals surface area contributed by atoms with Gasteiger partial charge in [-0.2, -0.15) is 0 Å². The molecule has 0 bridgehead atoms. The number of nitrogens with one attached hydrogen (secondary N) is 1. The summed E-state index contributed by atoms with van der Waals surface area (Å²) in [6.07, 6.45) is 0. The van der Waals surface area contributed by atoms with Crippen molar-refractivity contribution in [1.29, 1.82) is 0 Å². The van der Waals surface area contributed by atoms with Gasteiger partial charge in [0.1, 0.15) is 11.5 Å². The molecule has 1 N–H and O–H groups in total. The number of rotatable bonds is 8. The van der Waals surface area contributed by atoms with Crippen LogP contribution in [0.5, 0.6) is 17.2 Å². The topological polar surface area (TPSA) is 73.9 Å². The molecule has 3 rings (SSSR count). The van der Waals surface area contributed by atoms with E-state index >= 15 is 0 Å². The molecule has 0 radical (unpaired) electrons. The summed E-state index contributed by atoms with van der Waals surface area (Å²) < 4.78 is 16.2. The molecule has 0 aliphatic carbocycles. The molecule has 0 atom stereocenters. The fourth-order valence-corrected chi connectivity index (χ4v) is 2.53. The number of ether oxygens (including phenoxy) is 3. The van der Waals surface area contributed by atoms with Crippen molar-refractivity contribution in [2.75, 3.05) is 18.5 Å². The first kappa shape index (κ1) is 19.9. The molecule has 3 aromatic carbocycles. The molecule has 0 aliphatic rings. The van der Waals surface area contributed by atoms with E-state index in [1.807, 2.05) is 37.3 Å². The molecule has 0 heterocycles. The largest absolute Gasteiger partial charge is 0.494 e. The number of carbonyl (C=O) groups excluding carboxylic acids is 2. The monoisotopic (exact) mass is 391 g/mol. The predicted octanol–water partition coefficient (Wildman–Crippen LogP) is 4.67. The Morgan fingerprint density at radius 1 is 0.828 bits per heavy atom. The molecule has 1 amide bonds. The maximum absolute atomic E-state index is 12.2. The highest BCUT2D eigenvalue weighted by molar-refractivity contribution is 5.96. The summed E-state index contributed by atoms with van der Waals surface area (Å²) in [7, 11) is 0. The average Bonchev–Trinajstić information content (AvgIpc) is 2.75. The van der Waals surface area contributed by atoms with Crippen LogP contribution in [0.2, 0.25) is 0 Å². The first-order chi connectivity index (χ1) is 14.2. The number of hydrogen-bond acceptors (Lipinski definition) is 5. The van der Waals surface area contributed by atoms with E-state index < -0.39 is 18.5 Å². The van der Waals surface area contributed by atoms with Gasteiger partial charge in [-0.05, 0) is 55.5 Å². The van der Waals surface area contributed by atoms with Crippen molar-refractivity contribution >= 4 is 17.6 Å². The van der Waals surface area contributed by atoms with E-state index in [0.717, 1.165) is 0 Å². The second-order valence-electron chi connectivity index (χ2n) is 5.99. The van der Waals surface area contributed by atoms with Crippen molar-refractivity contribution in [1.82, 2.24) is 0 Å². The van der Waals surface area contributed by atoms with Crippen molar-refractivity contribution in [2.45, 2.75) is 6.92 Å². The molecule has 29 heavy (non-hydrogen) atoms. The summed E-state index contributed by atoms with van der Waals surface area (Å²) in [6, 6.07) is 22.8. The molecule has 0 saturated heterocycles. The third-order valence-corrected chi connectivity index (χ3v) is 3.87. The minimum Gasteiger partial charge on any atom is -0.494 e. The molecule has 0 aromatic heterocycles. The zero-order chi connectivity index (χ0) is 20.5. The van der Waals surface area contributed by atoms with E-state index in [1.165, 1.54) is 0 Å². The Bertz CT molecular complexity index is 955. The van der Waals surface area contributed by atoms with Gasteiger partial charge in [0.15, 0.2) is 12.4 Å². The van der Waals surface area contributed by atoms with Gasteiger partial charge in [0.05, 0.1) is 17.9 Å². The lowest BCUT2D eigenvalue weighted by atomic mass is 10.2. The highest BCUT2D eigenvalue weighted by atomic mass is 16.5. The number of amides is 1. The third-order valence-electron chi connectivity index (χ3n) is 3.87. The van der Waals surface area contributed by atoms with Gasteiger partial charge in [0.25, 0.3) is 5.91 Å². The summed E-state index contributed by atoms with van der Waals surface area (Å²) in [5, 5.41) is 2.70. The summed E-state index contributed by atoms with van der Waals surface area (Å²) in [4.78, 5) is 24.3. The van der Waals surface area contributed by atoms with E-state index in [4.69, 9.17) is 14.2 Å². The molecule has 148 valence electrons. The lowest BCUT2D eigenvalue weighted by molar-refractivity contribution is -0.119. The minimum atomic E-state index is -0.586. The van der Waals surface area contributed by atoms with Crippen LogP contribution in [0.1, 0.15) is 17.3 Å². The number of esters is 1. The summed E-state index contributed by atoms with van der Waals surface area (Å²) in [6.45, 7) is 2.01. The van der Waals surface area contributed by atoms with E-state index in [2.05, 4.69) is 5.32 Å². The lowest BCUT2D eigenvalue weighted by Crippen LogP contribution is -2.21. The molecule has 6 heteroatoms. The van der Waals surface area contributed by atoms with Gasteiger partial charge in [-0.1, -0.05) is 30.3 Å². The van der Waals surface area contributed by atoms with E-state index in [1.54, 1.807) is 48.5 Å². The van der Waals surface area contributed by atoms with Crippen LogP contribution in [0.15, 0.2) is 78.9 Å². The zero-order valence-corrected chi connectivity index (χ0v) is 16.0. The van der Waals surface area contributed by atoms with Crippen molar-refractivity contribution < 1.29 is 23.8 Å². The number of benzene rings is 3. The Kier molecular flexibility index (Phi) is 6.84. The highest BCUT2D eigenvalue weighted by Crippen LogP contribution is 2.29. The molecule has 0 aliphatic heterocycles. The zero-order valence-electron chi connectivity index (χ0n) is 16.0. The second kappa shape index (κ2) is 9.94. The van der Waals surface area contributed by atoms with Crippen LogP contribution in [0.4, 0.5) is 5.69 Å². The van der Waals surface area contributed by atoms with Crippen molar-refractivity contribution in [3.8, 4) is 17.2 Å². The summed E-state index contributed by atoms with van der Waals surface area (Å²) in [5.74, 6) is 0.753. The van der Waals surface area contributed by atoms with Crippen LogP contribution < -0.4 is 14.8 Å². The molecule has 0 fully saturated rings. The lowest BCUT2D eigenvalue weighted by Gasteiger charge is -2.12. The van der Waals surface area contributed by atoms with Crippen molar-refractivity contribution in [3.05, 3.63) is 84.4 Å². The van der Waals surface area contributed by atoms with E-state index in [0.29, 0.717) is 35.1 Å². The second-order valence-corrected chi connectivity index (χ2v) is 5.99. The van der Waals surface area contributed by atoms with E-state index in [-0.39, 0.29) is 0 Å². The van der Waals surface area contributed by atoms with Crippen LogP contribution in [0.3, 0.4) is 0 Å². The van der Waals surface area contributed by atoms with E-state index in [9.17, 15) is 9.59 Å². The van der Waals surface area contributed by atoms with Crippen molar-refractivity contribution in [3.63, 3.8) is 0 Å². The first-order valence-electron chi connectivity index (χ1n) is 9.17. The molecule has 3 aromatic rings. The van der Waals surface area contributed by atoms with Gasteiger partial charge >= 0.3 is 5.97 Å². The number of carbonyl (C=O) groups is 2. The predicted molar refractivity (Wildman–Crippen MR) is 109 cm³/mol. The standard InChI is InChI=1S/C23H21NO5/c1-2-27-18-14-12-17(13-15-18)23(26)28-16-22(25)24-20-10-6-7-11-21(20)29-19-8-4-3-5-9-19/h3-15H,2,16H2,1H3,(H,24,25). The van der Waals surface area contributed by atoms with Crippen LogP contribution in [0, 0.1) is 0 Å². The Labute approximate surface area is 169 Å². The number of para-hydroxylation sites is 3. The molecular formula is C23H21NO5. The van der Waals surface area contributed by atoms with Crippen molar-refractivity contribution in [2.24, 2.45) is 0 Å². The SMILES string of the molecule is CCOc1ccc(C(=O)OCC(=O)Nc2ccccc2Oc2ccccc2)cc1. The van der Waals surface area contributed by atoms with Crippen LogP contribution in [0.25, 0.3) is 0 Å². The Hall–Kier alpha value is -3.80. The molecule has 0 spiro atoms. The van der Waals surface area contributed by atoms with Crippen LogP contribution in [-0.2, 0) is 9.53 Å². The number of hydrogen-bond donors (Lipinski definition) is 1. The minimum absolute atomic E-state index is 0.342. The smallest absolute Gasteiger partial charge is 0.338 e.